The number of hydrogen-bond acceptors (Lipinski definition) is 6. The number of hydrogen-bond donors (Lipinski definition) is 2. The molecule has 1 aromatic carbocycles. The van der Waals surface area contributed by atoms with Crippen LogP contribution in [-0.4, -0.2) is 54.5 Å². The highest BCUT2D eigenvalue weighted by molar-refractivity contribution is 9.10. The van der Waals surface area contributed by atoms with E-state index in [0.29, 0.717) is 44.6 Å². The van der Waals surface area contributed by atoms with Crippen LogP contribution >= 0.6 is 15.9 Å². The van der Waals surface area contributed by atoms with Crippen LogP contribution in [0.5, 0.6) is 0 Å². The maximum Gasteiger partial charge on any atom is 0.269 e. The Morgan fingerprint density at radius 3 is 2.71 bits per heavy atom. The number of amides is 3. The number of carbonyl (C=O) groups is 3. The fraction of sp³-hybridized carbons (Fsp3) is 0.241. The maximum atomic E-state index is 13.6. The Morgan fingerprint density at radius 1 is 1.12 bits per heavy atom. The van der Waals surface area contributed by atoms with E-state index in [2.05, 4.69) is 48.2 Å². The number of nitrogens with one attached hydrogen (secondary N) is 1. The smallest absolute Gasteiger partial charge is 0.269 e. The molecule has 206 valence electrons. The van der Waals surface area contributed by atoms with E-state index in [1.54, 1.807) is 53.4 Å². The molecule has 3 atom stereocenters. The van der Waals surface area contributed by atoms with Gasteiger partial charge in [0.05, 0.1) is 5.52 Å². The summed E-state index contributed by atoms with van der Waals surface area (Å²) in [6.07, 6.45) is 2.86. The Kier molecular flexibility index (Phi) is 6.96. The lowest BCUT2D eigenvalue weighted by atomic mass is 10.1. The van der Waals surface area contributed by atoms with Crippen LogP contribution in [0.4, 0.5) is 10.2 Å². The summed E-state index contributed by atoms with van der Waals surface area (Å²) in [6, 6.07) is 13.0. The predicted molar refractivity (Wildman–Crippen MR) is 151 cm³/mol. The lowest BCUT2D eigenvalue weighted by Gasteiger charge is -2.26. The van der Waals surface area contributed by atoms with Crippen molar-refractivity contribution in [2.45, 2.75) is 38.1 Å². The molecule has 1 aliphatic heterocycles. The van der Waals surface area contributed by atoms with Gasteiger partial charge in [-0.3, -0.25) is 19.1 Å². The van der Waals surface area contributed by atoms with Gasteiger partial charge in [-0.05, 0) is 77.0 Å². The van der Waals surface area contributed by atoms with Gasteiger partial charge in [0.1, 0.15) is 35.4 Å². The van der Waals surface area contributed by atoms with Crippen molar-refractivity contribution in [3.8, 4) is 11.8 Å². The van der Waals surface area contributed by atoms with Crippen molar-refractivity contribution in [2.24, 2.45) is 11.7 Å². The van der Waals surface area contributed by atoms with E-state index >= 15 is 0 Å². The molecule has 3 N–H and O–H groups in total. The van der Waals surface area contributed by atoms with Crippen molar-refractivity contribution in [2.75, 3.05) is 5.32 Å². The second-order valence-corrected chi connectivity index (χ2v) is 10.8. The molecular formula is C29H23BrFN7O3. The number of pyridine rings is 2. The minimum absolute atomic E-state index is 0.000567. The third kappa shape index (κ3) is 5.40. The van der Waals surface area contributed by atoms with Crippen LogP contribution in [0.2, 0.25) is 0 Å². The second kappa shape index (κ2) is 10.7. The van der Waals surface area contributed by atoms with Crippen molar-refractivity contribution in [1.82, 2.24) is 24.6 Å². The van der Waals surface area contributed by atoms with Gasteiger partial charge in [-0.25, -0.2) is 14.4 Å². The molecule has 2 aliphatic rings. The highest BCUT2D eigenvalue weighted by atomic mass is 79.9. The van der Waals surface area contributed by atoms with Gasteiger partial charge in [-0.1, -0.05) is 18.1 Å². The lowest BCUT2D eigenvalue weighted by Crippen LogP contribution is -2.46. The maximum absolute atomic E-state index is 13.6. The van der Waals surface area contributed by atoms with E-state index in [1.807, 2.05) is 0 Å². The first kappa shape index (κ1) is 26.6. The monoisotopic (exact) mass is 615 g/mol. The molecular weight excluding hydrogens is 593 g/mol. The summed E-state index contributed by atoms with van der Waals surface area (Å²) in [5, 5.41) is 7.61. The van der Waals surface area contributed by atoms with Crippen LogP contribution in [-0.2, 0) is 22.8 Å². The SMILES string of the molecule is NC(=O)c1nn(CC(=O)N2[C@@H]3C[C@@H]3C[C@H]2C(=O)Nc2cccc(Br)n2)c2ccc(C#Cc3ccc(CF)cn3)cc12. The quantitative estimate of drug-likeness (QED) is 0.252. The summed E-state index contributed by atoms with van der Waals surface area (Å²) in [7, 11) is 0. The Labute approximate surface area is 242 Å². The molecule has 1 saturated carbocycles. The molecule has 12 heteroatoms. The van der Waals surface area contributed by atoms with Crippen LogP contribution < -0.4 is 11.1 Å². The van der Waals surface area contributed by atoms with Crippen LogP contribution in [0.25, 0.3) is 10.9 Å². The first-order valence-electron chi connectivity index (χ1n) is 12.9. The highest BCUT2D eigenvalue weighted by Crippen LogP contribution is 2.48. The normalized spacial score (nSPS) is 18.9. The fourth-order valence-corrected chi connectivity index (χ4v) is 5.56. The molecule has 41 heavy (non-hydrogen) atoms. The topological polar surface area (TPSA) is 136 Å². The van der Waals surface area contributed by atoms with E-state index in [1.165, 1.54) is 10.9 Å². The zero-order valence-corrected chi connectivity index (χ0v) is 23.1. The van der Waals surface area contributed by atoms with E-state index in [-0.39, 0.29) is 36.0 Å². The van der Waals surface area contributed by atoms with Crippen molar-refractivity contribution in [3.63, 3.8) is 0 Å². The van der Waals surface area contributed by atoms with Gasteiger partial charge in [0.15, 0.2) is 5.69 Å². The van der Waals surface area contributed by atoms with E-state index in [4.69, 9.17) is 5.73 Å². The number of nitrogens with zero attached hydrogens (tertiary/aromatic N) is 5. The van der Waals surface area contributed by atoms with Crippen LogP contribution in [0.3, 0.4) is 0 Å². The third-order valence-corrected chi connectivity index (χ3v) is 7.69. The number of carbonyl (C=O) groups excluding carboxylic acids is 3. The van der Waals surface area contributed by atoms with Gasteiger partial charge in [0, 0.05) is 28.8 Å². The third-order valence-electron chi connectivity index (χ3n) is 7.24. The average Bonchev–Trinajstić information content (AvgIpc) is 3.47. The number of alkyl halides is 1. The van der Waals surface area contributed by atoms with Crippen molar-refractivity contribution in [1.29, 1.82) is 0 Å². The molecule has 3 aromatic heterocycles. The molecule has 6 rings (SSSR count). The van der Waals surface area contributed by atoms with Gasteiger partial charge < -0.3 is 16.0 Å². The van der Waals surface area contributed by atoms with Gasteiger partial charge >= 0.3 is 0 Å². The summed E-state index contributed by atoms with van der Waals surface area (Å²) in [6.45, 7) is -0.766. The van der Waals surface area contributed by atoms with Gasteiger partial charge in [-0.15, -0.1) is 0 Å². The number of primary amides is 1. The zero-order chi connectivity index (χ0) is 28.7. The minimum atomic E-state index is -0.739. The summed E-state index contributed by atoms with van der Waals surface area (Å²) >= 11 is 3.29. The van der Waals surface area contributed by atoms with Gasteiger partial charge in [0.25, 0.3) is 5.91 Å². The van der Waals surface area contributed by atoms with Gasteiger partial charge in [-0.2, -0.15) is 5.10 Å². The summed E-state index contributed by atoms with van der Waals surface area (Å²) in [4.78, 5) is 48.9. The van der Waals surface area contributed by atoms with Crippen LogP contribution in [0.15, 0.2) is 59.3 Å². The number of anilines is 1. The van der Waals surface area contributed by atoms with E-state index in [9.17, 15) is 18.8 Å². The number of benzene rings is 1. The number of fused-ring (bicyclic) bond motifs is 2. The van der Waals surface area contributed by atoms with Gasteiger partial charge in [0.2, 0.25) is 11.8 Å². The average molecular weight is 616 g/mol. The van der Waals surface area contributed by atoms with Crippen molar-refractivity contribution in [3.05, 3.63) is 81.8 Å². The first-order valence-corrected chi connectivity index (χ1v) is 13.7. The van der Waals surface area contributed by atoms with Crippen molar-refractivity contribution < 1.29 is 18.8 Å². The number of halogens is 2. The lowest BCUT2D eigenvalue weighted by molar-refractivity contribution is -0.138. The Balaban J connectivity index is 1.23. The zero-order valence-electron chi connectivity index (χ0n) is 21.6. The van der Waals surface area contributed by atoms with Crippen LogP contribution in [0, 0.1) is 17.8 Å². The first-order chi connectivity index (χ1) is 19.8. The van der Waals surface area contributed by atoms with Crippen molar-refractivity contribution >= 4 is 50.4 Å². The molecule has 1 saturated heterocycles. The molecule has 0 unspecified atom stereocenters. The molecule has 0 bridgehead atoms. The number of likely N-dealkylation sites (tertiary alicyclic amines) is 1. The number of rotatable bonds is 6. The number of nitrogens with two attached hydrogens (primary N) is 1. The molecule has 4 heterocycles. The molecule has 4 aromatic rings. The molecule has 3 amide bonds. The predicted octanol–water partition coefficient (Wildman–Crippen LogP) is 3.19. The summed E-state index contributed by atoms with van der Waals surface area (Å²) in [5.74, 6) is 5.27. The highest BCUT2D eigenvalue weighted by Gasteiger charge is 2.56. The Hall–Kier alpha value is -4.63. The summed E-state index contributed by atoms with van der Waals surface area (Å²) in [5.41, 5.74) is 7.68. The standard InChI is InChI=1S/C29H23BrFN7O3/c30-24-2-1-3-25(34-24)35-29(41)23-12-18-11-22(18)38(23)26(39)15-37-21-9-6-16(10-20(21)27(36-37)28(32)40)4-7-19-8-5-17(13-31)14-33-19/h1-3,5-6,8-10,14,18,22-23H,11-13,15H2,(H2,32,40)(H,34,35,41)/t18-,22-,23+/m1/s1. The second-order valence-electron chi connectivity index (χ2n) is 9.99. The molecule has 2 fully saturated rings. The van der Waals surface area contributed by atoms with E-state index < -0.39 is 18.6 Å². The summed E-state index contributed by atoms with van der Waals surface area (Å²) < 4.78 is 14.8. The molecule has 1 aliphatic carbocycles. The molecule has 0 radical (unpaired) electrons. The van der Waals surface area contributed by atoms with Crippen LogP contribution in [0.1, 0.15) is 40.2 Å². The molecule has 10 nitrogen and oxygen atoms in total. The molecule has 0 spiro atoms. The Bertz CT molecular complexity index is 1760. The minimum Gasteiger partial charge on any atom is -0.364 e. The van der Waals surface area contributed by atoms with E-state index in [0.717, 1.165) is 6.42 Å². The number of aromatic nitrogens is 4. The number of piperidine rings is 1. The fourth-order valence-electron chi connectivity index (χ4n) is 5.22. The Morgan fingerprint density at radius 2 is 1.98 bits per heavy atom. The largest absolute Gasteiger partial charge is 0.364 e.